The Morgan fingerprint density at radius 3 is 2.15 bits per heavy atom. The van der Waals surface area contributed by atoms with Gasteiger partial charge in [-0.05, 0) is 19.5 Å². The number of hydrogen-bond donors (Lipinski definition) is 1. The van der Waals surface area contributed by atoms with Crippen molar-refractivity contribution < 1.29 is 9.47 Å². The highest BCUT2D eigenvalue weighted by Crippen LogP contribution is 2.15. The van der Waals surface area contributed by atoms with E-state index in [9.17, 15) is 0 Å². The molecule has 4 nitrogen and oxygen atoms in total. The minimum Gasteiger partial charge on any atom is -0.377 e. The van der Waals surface area contributed by atoms with Gasteiger partial charge in [0.05, 0.1) is 12.2 Å². The molecule has 1 aliphatic heterocycles. The molecule has 0 spiro atoms. The van der Waals surface area contributed by atoms with Crippen LogP contribution in [0.25, 0.3) is 0 Å². The quantitative estimate of drug-likeness (QED) is 0.642. The number of ether oxygens (including phenoxy) is 2. The zero-order valence-corrected chi connectivity index (χ0v) is 8.53. The smallest absolute Gasteiger partial charge is 0.0971 e. The Balaban J connectivity index is 2.30. The molecule has 0 amide bonds. The van der Waals surface area contributed by atoms with E-state index in [4.69, 9.17) is 15.2 Å². The molecule has 2 unspecified atom stereocenters. The lowest BCUT2D eigenvalue weighted by Gasteiger charge is -2.13. The second-order valence-corrected chi connectivity index (χ2v) is 3.45. The Hall–Kier alpha value is -0.160. The summed E-state index contributed by atoms with van der Waals surface area (Å²) in [5, 5.41) is 0. The Morgan fingerprint density at radius 2 is 1.77 bits per heavy atom. The first kappa shape index (κ1) is 10.9. The fraction of sp³-hybridized carbons (Fsp3) is 1.00. The van der Waals surface area contributed by atoms with E-state index in [-0.39, 0.29) is 12.2 Å². The molecular formula is C9H20N2O2. The summed E-state index contributed by atoms with van der Waals surface area (Å²) in [4.78, 5) is 2.34. The van der Waals surface area contributed by atoms with E-state index < -0.39 is 0 Å². The molecule has 1 aliphatic rings. The topological polar surface area (TPSA) is 47.7 Å². The van der Waals surface area contributed by atoms with Gasteiger partial charge in [0.25, 0.3) is 0 Å². The van der Waals surface area contributed by atoms with Crippen molar-refractivity contribution in [1.29, 1.82) is 0 Å². The van der Waals surface area contributed by atoms with Crippen LogP contribution in [0.1, 0.15) is 6.42 Å². The maximum Gasteiger partial charge on any atom is 0.0971 e. The average molecular weight is 188 g/mol. The van der Waals surface area contributed by atoms with E-state index in [1.54, 1.807) is 14.2 Å². The third kappa shape index (κ3) is 2.91. The van der Waals surface area contributed by atoms with Crippen LogP contribution in [0.4, 0.5) is 0 Å². The van der Waals surface area contributed by atoms with Gasteiger partial charge in [0.2, 0.25) is 0 Å². The molecule has 1 heterocycles. The normalized spacial score (nSPS) is 29.8. The van der Waals surface area contributed by atoms with Crippen LogP contribution in [-0.4, -0.2) is 57.5 Å². The van der Waals surface area contributed by atoms with Crippen LogP contribution in [0.3, 0.4) is 0 Å². The number of likely N-dealkylation sites (tertiary alicyclic amines) is 1. The van der Waals surface area contributed by atoms with Crippen LogP contribution < -0.4 is 5.73 Å². The minimum absolute atomic E-state index is 0.225. The monoisotopic (exact) mass is 188 g/mol. The highest BCUT2D eigenvalue weighted by atomic mass is 16.5. The fourth-order valence-corrected chi connectivity index (χ4v) is 1.77. The van der Waals surface area contributed by atoms with E-state index in [0.717, 1.165) is 32.6 Å². The summed E-state index contributed by atoms with van der Waals surface area (Å²) in [5.41, 5.74) is 5.45. The molecule has 0 aromatic rings. The molecule has 1 rings (SSSR count). The van der Waals surface area contributed by atoms with Gasteiger partial charge in [-0.1, -0.05) is 0 Å². The average Bonchev–Trinajstić information content (AvgIpc) is 2.57. The molecule has 0 radical (unpaired) electrons. The summed E-state index contributed by atoms with van der Waals surface area (Å²) >= 11 is 0. The third-order valence-corrected chi connectivity index (χ3v) is 2.57. The summed E-state index contributed by atoms with van der Waals surface area (Å²) in [5.74, 6) is 0. The first-order chi connectivity index (χ1) is 6.31. The SMILES string of the molecule is COC1CN(CCCN)CC1OC. The summed E-state index contributed by atoms with van der Waals surface area (Å²) in [7, 11) is 3.48. The standard InChI is InChI=1S/C9H20N2O2/c1-12-8-6-11(5-3-4-10)7-9(8)13-2/h8-9H,3-7,10H2,1-2H3. The number of nitrogens with two attached hydrogens (primary N) is 1. The molecule has 0 bridgehead atoms. The first-order valence-electron chi connectivity index (χ1n) is 4.79. The zero-order chi connectivity index (χ0) is 9.68. The van der Waals surface area contributed by atoms with Crippen molar-refractivity contribution in [2.24, 2.45) is 5.73 Å². The van der Waals surface area contributed by atoms with Gasteiger partial charge in [0, 0.05) is 27.3 Å². The number of hydrogen-bond acceptors (Lipinski definition) is 4. The zero-order valence-electron chi connectivity index (χ0n) is 8.53. The van der Waals surface area contributed by atoms with Gasteiger partial charge >= 0.3 is 0 Å². The van der Waals surface area contributed by atoms with Crippen molar-refractivity contribution in [3.63, 3.8) is 0 Å². The molecule has 2 N–H and O–H groups in total. The van der Waals surface area contributed by atoms with Gasteiger partial charge in [-0.3, -0.25) is 4.90 Å². The van der Waals surface area contributed by atoms with Crippen LogP contribution in [0.15, 0.2) is 0 Å². The van der Waals surface area contributed by atoms with Crippen LogP contribution in [0.2, 0.25) is 0 Å². The molecule has 78 valence electrons. The Labute approximate surface area is 80.0 Å². The predicted octanol–water partition coefficient (Wildman–Crippen LogP) is -0.319. The first-order valence-corrected chi connectivity index (χ1v) is 4.79. The minimum atomic E-state index is 0.225. The van der Waals surface area contributed by atoms with E-state index in [1.165, 1.54) is 0 Å². The van der Waals surface area contributed by atoms with E-state index in [2.05, 4.69) is 4.90 Å². The van der Waals surface area contributed by atoms with Gasteiger partial charge in [-0.25, -0.2) is 0 Å². The number of nitrogens with zero attached hydrogens (tertiary/aromatic N) is 1. The molecule has 0 saturated carbocycles. The second kappa shape index (κ2) is 5.54. The Bertz CT molecular complexity index is 132. The lowest BCUT2D eigenvalue weighted by molar-refractivity contribution is -0.00461. The van der Waals surface area contributed by atoms with E-state index >= 15 is 0 Å². The largest absolute Gasteiger partial charge is 0.377 e. The summed E-state index contributed by atoms with van der Waals surface area (Å²) in [6.45, 7) is 3.74. The fourth-order valence-electron chi connectivity index (χ4n) is 1.77. The lowest BCUT2D eigenvalue weighted by Crippen LogP contribution is -2.27. The molecule has 0 aromatic heterocycles. The van der Waals surface area contributed by atoms with Gasteiger partial charge < -0.3 is 15.2 Å². The molecule has 1 saturated heterocycles. The number of rotatable bonds is 5. The van der Waals surface area contributed by atoms with Gasteiger partial charge in [-0.2, -0.15) is 0 Å². The van der Waals surface area contributed by atoms with Crippen LogP contribution in [-0.2, 0) is 9.47 Å². The molecule has 0 aliphatic carbocycles. The second-order valence-electron chi connectivity index (χ2n) is 3.45. The Kier molecular flexibility index (Phi) is 4.66. The van der Waals surface area contributed by atoms with Crippen LogP contribution in [0, 0.1) is 0 Å². The van der Waals surface area contributed by atoms with Crippen molar-refractivity contribution in [1.82, 2.24) is 4.90 Å². The van der Waals surface area contributed by atoms with Gasteiger partial charge in [0.1, 0.15) is 0 Å². The van der Waals surface area contributed by atoms with Gasteiger partial charge in [-0.15, -0.1) is 0 Å². The predicted molar refractivity (Wildman–Crippen MR) is 51.7 cm³/mol. The van der Waals surface area contributed by atoms with Crippen LogP contribution >= 0.6 is 0 Å². The van der Waals surface area contributed by atoms with Crippen molar-refractivity contribution in [2.75, 3.05) is 40.4 Å². The highest BCUT2D eigenvalue weighted by molar-refractivity contribution is 4.85. The molecule has 1 fully saturated rings. The van der Waals surface area contributed by atoms with Crippen molar-refractivity contribution in [2.45, 2.75) is 18.6 Å². The van der Waals surface area contributed by atoms with E-state index in [0.29, 0.717) is 0 Å². The summed E-state index contributed by atoms with van der Waals surface area (Å²) in [6, 6.07) is 0. The summed E-state index contributed by atoms with van der Waals surface area (Å²) in [6.07, 6.45) is 1.50. The van der Waals surface area contributed by atoms with Crippen LogP contribution in [0.5, 0.6) is 0 Å². The molecule has 0 aromatic carbocycles. The summed E-state index contributed by atoms with van der Waals surface area (Å²) < 4.78 is 10.7. The van der Waals surface area contributed by atoms with Gasteiger partial charge in [0.15, 0.2) is 0 Å². The molecule has 13 heavy (non-hydrogen) atoms. The molecule has 4 heteroatoms. The van der Waals surface area contributed by atoms with Crippen molar-refractivity contribution in [3.8, 4) is 0 Å². The van der Waals surface area contributed by atoms with Crippen molar-refractivity contribution in [3.05, 3.63) is 0 Å². The van der Waals surface area contributed by atoms with E-state index in [1.807, 2.05) is 0 Å². The highest BCUT2D eigenvalue weighted by Gasteiger charge is 2.32. The molecular weight excluding hydrogens is 168 g/mol. The third-order valence-electron chi connectivity index (χ3n) is 2.57. The lowest BCUT2D eigenvalue weighted by atomic mass is 10.3. The van der Waals surface area contributed by atoms with Crippen molar-refractivity contribution >= 4 is 0 Å². The number of methoxy groups -OCH3 is 2. The Morgan fingerprint density at radius 1 is 1.23 bits per heavy atom. The maximum absolute atomic E-state index is 5.45. The molecule has 2 atom stereocenters. The maximum atomic E-state index is 5.45.